The van der Waals surface area contributed by atoms with Gasteiger partial charge in [-0.1, -0.05) is 53.4 Å². The van der Waals surface area contributed by atoms with Crippen molar-refractivity contribution in [3.8, 4) is 16.9 Å². The van der Waals surface area contributed by atoms with Crippen LogP contribution in [-0.2, 0) is 0 Å². The van der Waals surface area contributed by atoms with Gasteiger partial charge < -0.3 is 12.4 Å². The van der Waals surface area contributed by atoms with Crippen molar-refractivity contribution in [2.75, 3.05) is 13.1 Å². The Bertz CT molecular complexity index is 1080. The fourth-order valence-corrected chi connectivity index (χ4v) is 4.30. The van der Waals surface area contributed by atoms with Crippen LogP contribution >= 0.6 is 34.8 Å². The normalized spacial score (nSPS) is 14.2. The molecule has 0 radical (unpaired) electrons. The third kappa shape index (κ3) is 5.18. The summed E-state index contributed by atoms with van der Waals surface area (Å²) in [5, 5.41) is 8.22. The van der Waals surface area contributed by atoms with Gasteiger partial charge in [0.1, 0.15) is 0 Å². The smallest absolute Gasteiger partial charge is 0.286 e. The van der Waals surface area contributed by atoms with E-state index < -0.39 is 0 Å². The fourth-order valence-electron chi connectivity index (χ4n) is 3.69. The zero-order valence-corrected chi connectivity index (χ0v) is 19.9. The third-order valence-electron chi connectivity index (χ3n) is 5.21. The number of aromatic nitrogens is 2. The number of hydrogen-bond donors (Lipinski definition) is 1. The molecule has 0 saturated carbocycles. The minimum absolute atomic E-state index is 0. The van der Waals surface area contributed by atoms with Crippen molar-refractivity contribution in [1.82, 2.24) is 20.2 Å². The van der Waals surface area contributed by atoms with Gasteiger partial charge in [-0.2, -0.15) is 5.10 Å². The van der Waals surface area contributed by atoms with Gasteiger partial charge in [-0.25, -0.2) is 9.69 Å². The number of amides is 1. The Morgan fingerprint density at radius 2 is 1.61 bits per heavy atom. The number of nitrogens with one attached hydrogen (secondary N) is 1. The van der Waals surface area contributed by atoms with Crippen molar-refractivity contribution in [3.63, 3.8) is 0 Å². The molecule has 5 nitrogen and oxygen atoms in total. The molecular weight excluding hydrogens is 478 g/mol. The van der Waals surface area contributed by atoms with E-state index in [1.165, 1.54) is 6.42 Å². The molecule has 0 atom stereocenters. The number of halogens is 4. The summed E-state index contributed by atoms with van der Waals surface area (Å²) in [5.74, 6) is -0.228. The molecule has 1 aromatic heterocycles. The minimum atomic E-state index is -0.228. The SMILES string of the molecule is Cc1c(C(=O)NN2CCCCC2)nn(-c2ccc(Cl)cc2Cl)c1-c1ccc(Cl)cc1.[Cl-]. The van der Waals surface area contributed by atoms with Crippen LogP contribution in [0.3, 0.4) is 0 Å². The van der Waals surface area contributed by atoms with Gasteiger partial charge in [0, 0.05) is 34.3 Å². The van der Waals surface area contributed by atoms with E-state index in [9.17, 15) is 4.79 Å². The maximum atomic E-state index is 13.1. The van der Waals surface area contributed by atoms with Crippen molar-refractivity contribution >= 4 is 40.7 Å². The van der Waals surface area contributed by atoms with E-state index in [1.807, 2.05) is 36.2 Å². The predicted octanol–water partition coefficient (Wildman–Crippen LogP) is 2.94. The zero-order chi connectivity index (χ0) is 21.3. The van der Waals surface area contributed by atoms with Gasteiger partial charge in [-0.3, -0.25) is 10.2 Å². The molecule has 2 heterocycles. The molecule has 9 heteroatoms. The molecule has 1 saturated heterocycles. The van der Waals surface area contributed by atoms with E-state index in [0.29, 0.717) is 26.4 Å². The molecule has 1 aliphatic rings. The van der Waals surface area contributed by atoms with Gasteiger partial charge >= 0.3 is 0 Å². The molecule has 2 aromatic carbocycles. The van der Waals surface area contributed by atoms with E-state index in [0.717, 1.165) is 42.8 Å². The molecule has 164 valence electrons. The van der Waals surface area contributed by atoms with E-state index in [2.05, 4.69) is 10.5 Å². The molecule has 0 spiro atoms. The van der Waals surface area contributed by atoms with Crippen LogP contribution in [0.5, 0.6) is 0 Å². The molecule has 0 unspecified atom stereocenters. The highest BCUT2D eigenvalue weighted by Crippen LogP contribution is 2.33. The molecule has 1 fully saturated rings. The average molecular weight is 499 g/mol. The van der Waals surface area contributed by atoms with Crippen LogP contribution in [-0.4, -0.2) is 33.8 Å². The Morgan fingerprint density at radius 1 is 0.968 bits per heavy atom. The van der Waals surface area contributed by atoms with Crippen LogP contribution in [0.2, 0.25) is 15.1 Å². The quantitative estimate of drug-likeness (QED) is 0.601. The second-order valence-electron chi connectivity index (χ2n) is 7.33. The lowest BCUT2D eigenvalue weighted by atomic mass is 10.1. The van der Waals surface area contributed by atoms with E-state index in [4.69, 9.17) is 34.8 Å². The van der Waals surface area contributed by atoms with Crippen molar-refractivity contribution < 1.29 is 17.2 Å². The lowest BCUT2D eigenvalue weighted by Crippen LogP contribution is -3.00. The first-order valence-electron chi connectivity index (χ1n) is 9.81. The lowest BCUT2D eigenvalue weighted by Gasteiger charge is -2.26. The van der Waals surface area contributed by atoms with Crippen molar-refractivity contribution in [2.24, 2.45) is 0 Å². The zero-order valence-electron chi connectivity index (χ0n) is 16.8. The highest BCUT2D eigenvalue weighted by Gasteiger charge is 2.24. The van der Waals surface area contributed by atoms with E-state index >= 15 is 0 Å². The van der Waals surface area contributed by atoms with Crippen LogP contribution in [0.15, 0.2) is 42.5 Å². The van der Waals surface area contributed by atoms with Crippen molar-refractivity contribution in [1.29, 1.82) is 0 Å². The number of hydrazine groups is 1. The maximum absolute atomic E-state index is 13.1. The van der Waals surface area contributed by atoms with Gasteiger partial charge in [0.05, 0.1) is 16.4 Å². The first-order chi connectivity index (χ1) is 14.4. The number of rotatable bonds is 4. The number of hydrogen-bond acceptors (Lipinski definition) is 3. The Balaban J connectivity index is 0.00000272. The first-order valence-corrected chi connectivity index (χ1v) is 10.9. The third-order valence-corrected chi connectivity index (χ3v) is 6.00. The Kier molecular flexibility index (Phi) is 7.89. The van der Waals surface area contributed by atoms with Gasteiger partial charge in [0.25, 0.3) is 5.91 Å². The lowest BCUT2D eigenvalue weighted by molar-refractivity contribution is -0.0000157. The number of carbonyl (C=O) groups is 1. The summed E-state index contributed by atoms with van der Waals surface area (Å²) in [7, 11) is 0. The summed E-state index contributed by atoms with van der Waals surface area (Å²) in [6.45, 7) is 3.58. The summed E-state index contributed by atoms with van der Waals surface area (Å²) in [4.78, 5) is 13.1. The average Bonchev–Trinajstić information content (AvgIpc) is 3.06. The summed E-state index contributed by atoms with van der Waals surface area (Å²) >= 11 is 18.6. The summed E-state index contributed by atoms with van der Waals surface area (Å²) < 4.78 is 1.70. The standard InChI is InChI=1S/C22H21Cl3N4O.ClH/c1-14-20(22(30)27-28-11-3-2-4-12-28)26-29(19-10-9-17(24)13-18(19)25)21(14)15-5-7-16(23)8-6-15;/h5-10,13H,2-4,11-12H2,1H3,(H,27,30);1H/p-1. The summed E-state index contributed by atoms with van der Waals surface area (Å²) in [6, 6.07) is 12.6. The highest BCUT2D eigenvalue weighted by molar-refractivity contribution is 6.35. The molecule has 31 heavy (non-hydrogen) atoms. The Labute approximate surface area is 202 Å². The minimum Gasteiger partial charge on any atom is -1.00 e. The fraction of sp³-hybridized carbons (Fsp3) is 0.273. The number of benzene rings is 2. The second-order valence-corrected chi connectivity index (χ2v) is 8.61. The number of carbonyl (C=O) groups excluding carboxylic acids is 1. The van der Waals surface area contributed by atoms with Crippen LogP contribution in [0.4, 0.5) is 0 Å². The van der Waals surface area contributed by atoms with Gasteiger partial charge in [0.15, 0.2) is 5.69 Å². The van der Waals surface area contributed by atoms with Crippen molar-refractivity contribution in [3.05, 3.63) is 68.8 Å². The second kappa shape index (κ2) is 10.2. The Hall–Kier alpha value is -1.76. The molecular formula is C22H21Cl4N4O-. The van der Waals surface area contributed by atoms with E-state index in [-0.39, 0.29) is 18.3 Å². The number of nitrogens with zero attached hydrogens (tertiary/aromatic N) is 3. The molecule has 3 aromatic rings. The van der Waals surface area contributed by atoms with Crippen LogP contribution in [0.25, 0.3) is 16.9 Å². The van der Waals surface area contributed by atoms with Crippen LogP contribution in [0, 0.1) is 6.92 Å². The monoisotopic (exact) mass is 497 g/mol. The Morgan fingerprint density at radius 3 is 2.26 bits per heavy atom. The largest absolute Gasteiger partial charge is 1.00 e. The molecule has 1 amide bonds. The van der Waals surface area contributed by atoms with Crippen LogP contribution in [0.1, 0.15) is 35.3 Å². The first kappa shape index (κ1) is 23.9. The van der Waals surface area contributed by atoms with Crippen molar-refractivity contribution in [2.45, 2.75) is 26.2 Å². The summed E-state index contributed by atoms with van der Waals surface area (Å²) in [5.41, 5.74) is 6.42. The van der Waals surface area contributed by atoms with Gasteiger partial charge in [-0.05, 0) is 50.1 Å². The summed E-state index contributed by atoms with van der Waals surface area (Å²) in [6.07, 6.45) is 3.34. The topological polar surface area (TPSA) is 50.2 Å². The molecule has 0 bridgehead atoms. The highest BCUT2D eigenvalue weighted by atomic mass is 35.5. The maximum Gasteiger partial charge on any atom is 0.286 e. The van der Waals surface area contributed by atoms with Gasteiger partial charge in [0.2, 0.25) is 0 Å². The molecule has 1 aliphatic heterocycles. The predicted molar refractivity (Wildman–Crippen MR) is 122 cm³/mol. The van der Waals surface area contributed by atoms with E-state index in [1.54, 1.807) is 22.9 Å². The molecule has 1 N–H and O–H groups in total. The van der Waals surface area contributed by atoms with Crippen LogP contribution < -0.4 is 17.8 Å². The van der Waals surface area contributed by atoms with Gasteiger partial charge in [-0.15, -0.1) is 0 Å². The molecule has 4 rings (SSSR count). The number of piperidine rings is 1. The molecule has 0 aliphatic carbocycles.